The first-order chi connectivity index (χ1) is 15.4. The third kappa shape index (κ3) is 5.26. The smallest absolute Gasteiger partial charge is 0.255 e. The lowest BCUT2D eigenvalue weighted by atomic mass is 10.0. The van der Waals surface area contributed by atoms with E-state index in [9.17, 15) is 31.5 Å². The minimum atomic E-state index is -3.98. The third-order valence-corrected chi connectivity index (χ3v) is 8.71. The number of rotatable bonds is 6. The predicted octanol–water partition coefficient (Wildman–Crippen LogP) is 5.14. The number of hydrogen-bond acceptors (Lipinski definition) is 4. The third-order valence-electron chi connectivity index (χ3n) is 5.79. The highest BCUT2D eigenvalue weighted by Gasteiger charge is 2.43. The first-order valence-corrected chi connectivity index (χ1v) is 12.2. The van der Waals surface area contributed by atoms with Crippen LogP contribution >= 0.6 is 11.6 Å². The van der Waals surface area contributed by atoms with Crippen LogP contribution in [-0.4, -0.2) is 31.3 Å². The standard InChI is InChI=1S/C23H23ClF3NO4S/c1-12(11-29)7-14-4-3-13(2)22(14)33(31,32)20-8-15(5-6-17(20)24)23(30)28-16-9-18(25)21(27)19(26)10-16/h5-10,13-14,22,29H,3-4,11H2,1-2H3,(H,28,30)/b12-7+/t13?,14?,22-/m0/s1. The van der Waals surface area contributed by atoms with E-state index in [-0.39, 0.29) is 39.6 Å². The number of aliphatic hydroxyl groups excluding tert-OH is 1. The van der Waals surface area contributed by atoms with Crippen molar-refractivity contribution >= 4 is 33.0 Å². The van der Waals surface area contributed by atoms with Crippen LogP contribution in [0.25, 0.3) is 0 Å². The van der Waals surface area contributed by atoms with E-state index in [1.807, 2.05) is 6.92 Å². The normalized spacial score (nSPS) is 21.3. The van der Waals surface area contributed by atoms with Crippen molar-refractivity contribution in [1.82, 2.24) is 0 Å². The molecule has 2 aromatic carbocycles. The van der Waals surface area contributed by atoms with Crippen LogP contribution in [0.3, 0.4) is 0 Å². The van der Waals surface area contributed by atoms with Gasteiger partial charge in [0.15, 0.2) is 27.3 Å². The van der Waals surface area contributed by atoms with E-state index in [0.29, 0.717) is 30.5 Å². The zero-order chi connectivity index (χ0) is 24.5. The molecule has 0 saturated heterocycles. The summed E-state index contributed by atoms with van der Waals surface area (Å²) >= 11 is 6.20. The number of anilines is 1. The van der Waals surface area contributed by atoms with Gasteiger partial charge in [-0.1, -0.05) is 30.2 Å². The fourth-order valence-electron chi connectivity index (χ4n) is 4.18. The number of hydrogen-bond donors (Lipinski definition) is 2. The molecule has 0 radical (unpaired) electrons. The quantitative estimate of drug-likeness (QED) is 0.424. The number of benzene rings is 2. The van der Waals surface area contributed by atoms with Crippen LogP contribution in [-0.2, 0) is 9.84 Å². The SMILES string of the molecule is C/C(=C\C1CCC(C)[C@@H]1S(=O)(=O)c1cc(C(=O)Nc2cc(F)c(F)c(F)c2)ccc1Cl)CO. The van der Waals surface area contributed by atoms with E-state index in [0.717, 1.165) is 6.07 Å². The summed E-state index contributed by atoms with van der Waals surface area (Å²) in [6.07, 6.45) is 3.05. The molecule has 5 nitrogen and oxygen atoms in total. The molecule has 3 atom stereocenters. The molecule has 1 fully saturated rings. The molecule has 0 spiro atoms. The van der Waals surface area contributed by atoms with Crippen molar-refractivity contribution in [3.05, 3.63) is 70.0 Å². The molecule has 1 aliphatic rings. The van der Waals surface area contributed by atoms with Crippen molar-refractivity contribution in [2.75, 3.05) is 11.9 Å². The minimum absolute atomic E-state index is 0.0638. The summed E-state index contributed by atoms with van der Waals surface area (Å²) in [5.74, 6) is -5.97. The number of aliphatic hydroxyl groups is 1. The summed E-state index contributed by atoms with van der Waals surface area (Å²) in [6.45, 7) is 3.36. The maximum absolute atomic E-state index is 13.6. The second kappa shape index (κ2) is 9.87. The first-order valence-electron chi connectivity index (χ1n) is 10.2. The fraction of sp³-hybridized carbons (Fsp3) is 0.348. The van der Waals surface area contributed by atoms with Gasteiger partial charge in [-0.05, 0) is 49.8 Å². The van der Waals surface area contributed by atoms with Crippen molar-refractivity contribution in [3.8, 4) is 0 Å². The van der Waals surface area contributed by atoms with Gasteiger partial charge in [0.25, 0.3) is 5.91 Å². The molecule has 3 rings (SSSR count). The van der Waals surface area contributed by atoms with E-state index in [2.05, 4.69) is 5.32 Å². The van der Waals surface area contributed by atoms with E-state index in [4.69, 9.17) is 11.6 Å². The summed E-state index contributed by atoms with van der Waals surface area (Å²) in [4.78, 5) is 12.4. The van der Waals surface area contributed by atoms with Gasteiger partial charge < -0.3 is 10.4 Å². The van der Waals surface area contributed by atoms with E-state index < -0.39 is 38.4 Å². The van der Waals surface area contributed by atoms with Crippen LogP contribution in [0.1, 0.15) is 37.0 Å². The Kier molecular flexibility index (Phi) is 7.55. The predicted molar refractivity (Wildman–Crippen MR) is 119 cm³/mol. The maximum atomic E-state index is 13.6. The van der Waals surface area contributed by atoms with Crippen LogP contribution in [0.2, 0.25) is 5.02 Å². The summed E-state index contributed by atoms with van der Waals surface area (Å²) in [5.41, 5.74) is 0.226. The van der Waals surface area contributed by atoms with Gasteiger partial charge in [0, 0.05) is 23.4 Å². The van der Waals surface area contributed by atoms with E-state index in [1.54, 1.807) is 13.0 Å². The highest BCUT2D eigenvalue weighted by atomic mass is 35.5. The van der Waals surface area contributed by atoms with Crippen molar-refractivity contribution < 1.29 is 31.5 Å². The van der Waals surface area contributed by atoms with Gasteiger partial charge in [-0.25, -0.2) is 21.6 Å². The molecule has 1 aliphatic carbocycles. The summed E-state index contributed by atoms with van der Waals surface area (Å²) in [5, 5.41) is 10.7. The molecule has 0 aliphatic heterocycles. The molecule has 1 saturated carbocycles. The molecule has 2 N–H and O–H groups in total. The number of nitrogens with one attached hydrogen (secondary N) is 1. The van der Waals surface area contributed by atoms with Crippen LogP contribution < -0.4 is 5.32 Å². The second-order valence-electron chi connectivity index (χ2n) is 8.25. The van der Waals surface area contributed by atoms with Crippen molar-refractivity contribution in [1.29, 1.82) is 0 Å². The molecule has 0 bridgehead atoms. The lowest BCUT2D eigenvalue weighted by Gasteiger charge is -2.22. The Balaban J connectivity index is 1.95. The number of carbonyl (C=O) groups excluding carboxylic acids is 1. The van der Waals surface area contributed by atoms with Gasteiger partial charge in [-0.15, -0.1) is 0 Å². The second-order valence-corrected chi connectivity index (χ2v) is 10.7. The highest BCUT2D eigenvalue weighted by Crippen LogP contribution is 2.41. The van der Waals surface area contributed by atoms with Gasteiger partial charge >= 0.3 is 0 Å². The Morgan fingerprint density at radius 1 is 1.18 bits per heavy atom. The first kappa shape index (κ1) is 25.3. The molecule has 2 unspecified atom stereocenters. The fourth-order valence-corrected chi connectivity index (χ4v) is 6.97. The van der Waals surface area contributed by atoms with Crippen molar-refractivity contribution in [3.63, 3.8) is 0 Å². The van der Waals surface area contributed by atoms with Crippen LogP contribution in [0, 0.1) is 29.3 Å². The lowest BCUT2D eigenvalue weighted by Crippen LogP contribution is -2.30. The van der Waals surface area contributed by atoms with Crippen LogP contribution in [0.4, 0.5) is 18.9 Å². The van der Waals surface area contributed by atoms with Gasteiger partial charge in [0.05, 0.1) is 21.8 Å². The monoisotopic (exact) mass is 501 g/mol. The molecular weight excluding hydrogens is 479 g/mol. The number of allylic oxidation sites excluding steroid dienone is 1. The zero-order valence-corrected chi connectivity index (χ0v) is 19.5. The average Bonchev–Trinajstić information content (AvgIpc) is 3.12. The van der Waals surface area contributed by atoms with Gasteiger partial charge in [-0.3, -0.25) is 4.79 Å². The maximum Gasteiger partial charge on any atom is 0.255 e. The number of halogens is 4. The highest BCUT2D eigenvalue weighted by molar-refractivity contribution is 7.92. The van der Waals surface area contributed by atoms with Crippen LogP contribution in [0.5, 0.6) is 0 Å². The molecule has 10 heteroatoms. The summed E-state index contributed by atoms with van der Waals surface area (Å²) in [7, 11) is -3.98. The zero-order valence-electron chi connectivity index (χ0n) is 17.9. The Bertz CT molecular complexity index is 1190. The largest absolute Gasteiger partial charge is 0.392 e. The molecular formula is C23H23ClF3NO4S. The number of amides is 1. The van der Waals surface area contributed by atoms with E-state index >= 15 is 0 Å². The molecule has 33 heavy (non-hydrogen) atoms. The molecule has 178 valence electrons. The van der Waals surface area contributed by atoms with Crippen molar-refractivity contribution in [2.45, 2.75) is 36.8 Å². The molecule has 1 amide bonds. The summed E-state index contributed by atoms with van der Waals surface area (Å²) < 4.78 is 67.2. The Morgan fingerprint density at radius 3 is 2.42 bits per heavy atom. The Hall–Kier alpha value is -2.36. The number of sulfone groups is 1. The Labute approximate surface area is 195 Å². The minimum Gasteiger partial charge on any atom is -0.392 e. The number of carbonyl (C=O) groups is 1. The molecule has 0 aromatic heterocycles. The van der Waals surface area contributed by atoms with Crippen LogP contribution in [0.15, 0.2) is 46.9 Å². The van der Waals surface area contributed by atoms with Gasteiger partial charge in [-0.2, -0.15) is 0 Å². The lowest BCUT2D eigenvalue weighted by molar-refractivity contribution is 0.102. The molecule has 2 aromatic rings. The molecule has 0 heterocycles. The Morgan fingerprint density at radius 2 is 1.82 bits per heavy atom. The average molecular weight is 502 g/mol. The van der Waals surface area contributed by atoms with Gasteiger partial charge in [0.1, 0.15) is 0 Å². The summed E-state index contributed by atoms with van der Waals surface area (Å²) in [6, 6.07) is 4.89. The van der Waals surface area contributed by atoms with Crippen molar-refractivity contribution in [2.24, 2.45) is 11.8 Å². The van der Waals surface area contributed by atoms with E-state index in [1.165, 1.54) is 12.1 Å². The topological polar surface area (TPSA) is 83.5 Å². The van der Waals surface area contributed by atoms with Gasteiger partial charge in [0.2, 0.25) is 0 Å².